The molecule has 0 aromatic carbocycles. The smallest absolute Gasteiger partial charge is 2.00 e. The fourth-order valence-corrected chi connectivity index (χ4v) is 0. The van der Waals surface area contributed by atoms with Crippen molar-refractivity contribution in [2.75, 3.05) is 0 Å². The van der Waals surface area contributed by atoms with Crippen LogP contribution in [-0.4, -0.2) is 75.5 Å². The summed E-state index contributed by atoms with van der Waals surface area (Å²) in [5, 5.41) is 0. The molecule has 0 aliphatic carbocycles. The van der Waals surface area contributed by atoms with Crippen molar-refractivity contribution in [2.45, 2.75) is 0 Å². The van der Waals surface area contributed by atoms with Crippen molar-refractivity contribution in [3.63, 3.8) is 0 Å². The van der Waals surface area contributed by atoms with E-state index in [0.717, 1.165) is 0 Å². The third kappa shape index (κ3) is 65.7. The fourth-order valence-electron chi connectivity index (χ4n) is 0. The van der Waals surface area contributed by atoms with E-state index in [4.69, 9.17) is 0 Å². The van der Waals surface area contributed by atoms with Crippen LogP contribution in [0.25, 0.3) is 0 Å². The molecule has 0 unspecified atom stereocenters. The summed E-state index contributed by atoms with van der Waals surface area (Å²) in [5.74, 6) is 0. The van der Waals surface area contributed by atoms with Crippen molar-refractivity contribution in [1.29, 1.82) is 0 Å². The van der Waals surface area contributed by atoms with Crippen molar-refractivity contribution in [1.82, 2.24) is 0 Å². The zero-order valence-electron chi connectivity index (χ0n) is 4.61. The molecule has 0 aliphatic rings. The average molecular weight is 438 g/mol. The van der Waals surface area contributed by atoms with Crippen LogP contribution >= 0.6 is 0 Å². The summed E-state index contributed by atoms with van der Waals surface area (Å²) < 4.78 is 0. The van der Waals surface area contributed by atoms with Gasteiger partial charge in [-0.25, -0.2) is 0 Å². The summed E-state index contributed by atoms with van der Waals surface area (Å²) in [5.41, 5.74) is 0. The Hall–Kier alpha value is 4.71. The molecular weight excluding hydrogens is 438 g/mol. The van der Waals surface area contributed by atoms with Gasteiger partial charge in [0.15, 0.2) is 0 Å². The molecule has 0 saturated carbocycles. The molecule has 5 nitrogen and oxygen atoms in total. The second kappa shape index (κ2) is 78.6. The van der Waals surface area contributed by atoms with Gasteiger partial charge in [0.1, 0.15) is 0 Å². The largest absolute Gasteiger partial charge is 3.00 e. The number of rotatable bonds is 0. The molecule has 0 rings (SSSR count). The van der Waals surface area contributed by atoms with Crippen LogP contribution in [0.2, 0.25) is 0 Å². The molecule has 40 valence electrons. The van der Waals surface area contributed by atoms with Gasteiger partial charge in [0.25, 0.3) is 0 Å². The monoisotopic (exact) mass is 438 g/mol. The first-order valence-corrected chi connectivity index (χ1v) is 0. The van der Waals surface area contributed by atoms with Crippen LogP contribution in [-0.2, 0) is 27.4 Å². The first-order chi connectivity index (χ1) is 0. The van der Waals surface area contributed by atoms with Gasteiger partial charge in [-0.1, -0.05) is 0 Å². The van der Waals surface area contributed by atoms with Gasteiger partial charge in [0, 0.05) is 0 Å². The Labute approximate surface area is 169 Å². The van der Waals surface area contributed by atoms with Crippen molar-refractivity contribution >= 4 is 75.5 Å². The first kappa shape index (κ1) is 99.9. The summed E-state index contributed by atoms with van der Waals surface area (Å²) in [6.07, 6.45) is 0. The predicted molar refractivity (Wildman–Crippen MR) is 14.9 cm³/mol. The minimum Gasteiger partial charge on any atom is -2.00 e. The number of hydrogen-bond donors (Lipinski definition) is 0. The minimum absolute atomic E-state index is 0. The van der Waals surface area contributed by atoms with Crippen molar-refractivity contribution in [2.24, 2.45) is 0 Å². The van der Waals surface area contributed by atoms with E-state index in [2.05, 4.69) is 0 Å². The third-order valence-electron chi connectivity index (χ3n) is 0. The quantitative estimate of drug-likeness (QED) is 0.413. The van der Waals surface area contributed by atoms with Crippen molar-refractivity contribution in [3.8, 4) is 0 Å². The zero-order chi connectivity index (χ0) is 0. The molecule has 0 fully saturated rings. The minimum atomic E-state index is 0. The molecule has 0 N–H and O–H groups in total. The van der Waals surface area contributed by atoms with Crippen LogP contribution in [0.15, 0.2) is 0 Å². The molecule has 0 saturated heterocycles. The maximum Gasteiger partial charge on any atom is 3.00 e. The molecule has 9 heavy (non-hydrogen) atoms. The van der Waals surface area contributed by atoms with Crippen LogP contribution < -0.4 is 0 Å². The predicted octanol–water partition coefficient (Wildman–Crippen LogP) is -1.36. The molecule has 0 radical (unpaired) electrons. The van der Waals surface area contributed by atoms with Gasteiger partial charge in [-0.2, -0.15) is 0 Å². The number of hydrogen-bond acceptors (Lipinski definition) is 0. The van der Waals surface area contributed by atoms with E-state index < -0.39 is 0 Å². The Balaban J connectivity index is 0. The normalized spacial score (nSPS) is 0. The molecule has 0 bridgehead atoms. The second-order valence-electron chi connectivity index (χ2n) is 0. The molecule has 0 aliphatic heterocycles. The molecule has 0 atom stereocenters. The van der Waals surface area contributed by atoms with E-state index in [1.54, 1.807) is 0 Å². The Kier molecular flexibility index (Phi) is 872. The summed E-state index contributed by atoms with van der Waals surface area (Å²) in [6, 6.07) is 0. The van der Waals surface area contributed by atoms with E-state index in [9.17, 15) is 0 Å². The Morgan fingerprint density at radius 2 is 0.333 bits per heavy atom. The molecule has 0 aromatic rings. The van der Waals surface area contributed by atoms with Gasteiger partial charge >= 0.3 is 147 Å². The van der Waals surface area contributed by atoms with Crippen LogP contribution in [0, 0.1) is 71.2 Å². The van der Waals surface area contributed by atoms with Gasteiger partial charge in [-0.15, -0.1) is 0 Å². The Morgan fingerprint density at radius 3 is 0.333 bits per heavy atom. The molecule has 0 aromatic heterocycles. The molecule has 9 heteroatoms. The molecular formula is Ca2La2O5. The van der Waals surface area contributed by atoms with E-state index in [0.29, 0.717) is 0 Å². The topological polar surface area (TPSA) is 142 Å². The average Bonchev–Trinajstić information content (AvgIpc) is 0. The van der Waals surface area contributed by atoms with Crippen molar-refractivity contribution < 1.29 is 98.6 Å². The van der Waals surface area contributed by atoms with E-state index >= 15 is 0 Å². The fraction of sp³-hybridized carbons (Fsp3) is 0. The van der Waals surface area contributed by atoms with E-state index in [1.165, 1.54) is 0 Å². The van der Waals surface area contributed by atoms with E-state index in [-0.39, 0.29) is 174 Å². The maximum absolute atomic E-state index is 0. The Morgan fingerprint density at radius 1 is 0.333 bits per heavy atom. The summed E-state index contributed by atoms with van der Waals surface area (Å²) >= 11 is 0. The maximum atomic E-state index is 0. The Bertz CT molecular complexity index is 12.9. The molecule has 0 heterocycles. The van der Waals surface area contributed by atoms with E-state index in [1.807, 2.05) is 0 Å². The molecule has 0 amide bonds. The SMILES string of the molecule is [Ca+2].[Ca+2].[La+3].[La+3].[O-2].[O-2].[O-2].[O-2].[O-2]. The first-order valence-electron chi connectivity index (χ1n) is 0. The second-order valence-corrected chi connectivity index (χ2v) is 0. The van der Waals surface area contributed by atoms with Gasteiger partial charge in [0.2, 0.25) is 0 Å². The van der Waals surface area contributed by atoms with Crippen LogP contribution in [0.1, 0.15) is 0 Å². The van der Waals surface area contributed by atoms with Crippen molar-refractivity contribution in [3.05, 3.63) is 0 Å². The summed E-state index contributed by atoms with van der Waals surface area (Å²) in [4.78, 5) is 0. The van der Waals surface area contributed by atoms with Crippen LogP contribution in [0.3, 0.4) is 0 Å². The molecule has 0 spiro atoms. The van der Waals surface area contributed by atoms with Gasteiger partial charge in [-0.05, 0) is 0 Å². The summed E-state index contributed by atoms with van der Waals surface area (Å²) in [6.45, 7) is 0. The van der Waals surface area contributed by atoms with Crippen LogP contribution in [0.4, 0.5) is 0 Å². The van der Waals surface area contributed by atoms with Gasteiger partial charge < -0.3 is 27.4 Å². The third-order valence-corrected chi connectivity index (χ3v) is 0. The zero-order valence-corrected chi connectivity index (χ0v) is 16.3. The van der Waals surface area contributed by atoms with Crippen LogP contribution in [0.5, 0.6) is 0 Å². The standard InChI is InChI=1S/2Ca.2La.5O/q2*+2;2*+3;5*-2. The van der Waals surface area contributed by atoms with Gasteiger partial charge in [-0.3, -0.25) is 0 Å². The summed E-state index contributed by atoms with van der Waals surface area (Å²) in [7, 11) is 0. The van der Waals surface area contributed by atoms with Gasteiger partial charge in [0.05, 0.1) is 0 Å².